The van der Waals surface area contributed by atoms with Crippen LogP contribution in [0.25, 0.3) is 0 Å². The Balaban J connectivity index is 2.35. The average molecular weight is 277 g/mol. The highest BCUT2D eigenvalue weighted by atomic mass is 19.4. The summed E-state index contributed by atoms with van der Waals surface area (Å²) in [6, 6.07) is 11.1. The summed E-state index contributed by atoms with van der Waals surface area (Å²) in [6.45, 7) is 0. The molecule has 0 spiro atoms. The first-order valence-electron chi connectivity index (χ1n) is 5.69. The Morgan fingerprint density at radius 3 is 2.40 bits per heavy atom. The van der Waals surface area contributed by atoms with E-state index in [0.29, 0.717) is 17.1 Å². The number of aromatic nitrogens is 1. The van der Waals surface area contributed by atoms with Crippen LogP contribution in [0.5, 0.6) is 0 Å². The number of nitriles is 1. The number of rotatable bonds is 2. The van der Waals surface area contributed by atoms with Gasteiger partial charge in [0, 0.05) is 13.2 Å². The largest absolute Gasteiger partial charge is 0.417 e. The molecule has 1 heterocycles. The lowest BCUT2D eigenvalue weighted by molar-refractivity contribution is -0.137. The summed E-state index contributed by atoms with van der Waals surface area (Å²) >= 11 is 0. The second-order valence-corrected chi connectivity index (χ2v) is 4.09. The monoisotopic (exact) mass is 277 g/mol. The van der Waals surface area contributed by atoms with Gasteiger partial charge in [-0.1, -0.05) is 12.1 Å². The van der Waals surface area contributed by atoms with Gasteiger partial charge in [0.25, 0.3) is 0 Å². The average Bonchev–Trinajstić information content (AvgIpc) is 2.45. The molecule has 0 saturated carbocycles. The number of anilines is 2. The van der Waals surface area contributed by atoms with Gasteiger partial charge in [0.2, 0.25) is 0 Å². The second kappa shape index (κ2) is 5.21. The predicted molar refractivity (Wildman–Crippen MR) is 68.5 cm³/mol. The van der Waals surface area contributed by atoms with Crippen LogP contribution in [0.15, 0.2) is 42.6 Å². The molecule has 0 radical (unpaired) electrons. The molecule has 3 nitrogen and oxygen atoms in total. The van der Waals surface area contributed by atoms with Gasteiger partial charge in [-0.2, -0.15) is 18.4 Å². The van der Waals surface area contributed by atoms with Crippen LogP contribution in [0.1, 0.15) is 11.1 Å². The molecule has 0 aliphatic heterocycles. The van der Waals surface area contributed by atoms with E-state index in [4.69, 9.17) is 5.26 Å². The maximum absolute atomic E-state index is 12.5. The quantitative estimate of drug-likeness (QED) is 0.839. The number of hydrogen-bond donors (Lipinski definition) is 0. The number of para-hydroxylation sites is 1. The fourth-order valence-electron chi connectivity index (χ4n) is 1.74. The summed E-state index contributed by atoms with van der Waals surface area (Å²) in [6.07, 6.45) is -3.63. The van der Waals surface area contributed by atoms with Gasteiger partial charge >= 0.3 is 6.18 Å². The van der Waals surface area contributed by atoms with E-state index >= 15 is 0 Å². The van der Waals surface area contributed by atoms with E-state index in [-0.39, 0.29) is 0 Å². The third-order valence-corrected chi connectivity index (χ3v) is 2.80. The first kappa shape index (κ1) is 13.9. The maximum atomic E-state index is 12.5. The molecule has 0 N–H and O–H groups in total. The smallest absolute Gasteiger partial charge is 0.328 e. The Hall–Kier alpha value is -2.55. The van der Waals surface area contributed by atoms with Crippen molar-refractivity contribution in [2.45, 2.75) is 6.18 Å². The minimum atomic E-state index is -4.41. The molecule has 6 heteroatoms. The van der Waals surface area contributed by atoms with Crippen LogP contribution in [0.4, 0.5) is 24.7 Å². The van der Waals surface area contributed by atoms with E-state index in [2.05, 4.69) is 4.98 Å². The van der Waals surface area contributed by atoms with Crippen molar-refractivity contribution in [3.8, 4) is 6.07 Å². The molecule has 0 fully saturated rings. The molecule has 20 heavy (non-hydrogen) atoms. The molecule has 0 saturated heterocycles. The molecule has 1 aromatic heterocycles. The Bertz CT molecular complexity index is 642. The number of pyridine rings is 1. The van der Waals surface area contributed by atoms with Crippen molar-refractivity contribution < 1.29 is 13.2 Å². The second-order valence-electron chi connectivity index (χ2n) is 4.09. The zero-order valence-corrected chi connectivity index (χ0v) is 10.5. The van der Waals surface area contributed by atoms with E-state index in [9.17, 15) is 13.2 Å². The molecule has 0 atom stereocenters. The predicted octanol–water partition coefficient (Wildman–Crippen LogP) is 3.74. The summed E-state index contributed by atoms with van der Waals surface area (Å²) in [4.78, 5) is 5.36. The van der Waals surface area contributed by atoms with E-state index < -0.39 is 11.7 Å². The van der Waals surface area contributed by atoms with E-state index in [0.717, 1.165) is 12.3 Å². The van der Waals surface area contributed by atoms with Gasteiger partial charge < -0.3 is 4.90 Å². The third kappa shape index (κ3) is 2.72. The number of hydrogen-bond acceptors (Lipinski definition) is 3. The van der Waals surface area contributed by atoms with Crippen molar-refractivity contribution >= 4 is 11.5 Å². The molecule has 0 amide bonds. The molecule has 1 aromatic carbocycles. The number of benzene rings is 1. The normalized spacial score (nSPS) is 10.9. The van der Waals surface area contributed by atoms with E-state index in [1.165, 1.54) is 6.07 Å². The molecule has 2 aromatic rings. The van der Waals surface area contributed by atoms with Crippen LogP contribution in [0.3, 0.4) is 0 Å². The maximum Gasteiger partial charge on any atom is 0.417 e. The summed E-state index contributed by atoms with van der Waals surface area (Å²) in [5, 5.41) is 9.02. The van der Waals surface area contributed by atoms with Crippen molar-refractivity contribution in [3.63, 3.8) is 0 Å². The zero-order chi connectivity index (χ0) is 14.8. The Labute approximate surface area is 113 Å². The third-order valence-electron chi connectivity index (χ3n) is 2.80. The topological polar surface area (TPSA) is 39.9 Å². The molecular weight excluding hydrogens is 267 g/mol. The molecule has 0 aliphatic rings. The lowest BCUT2D eigenvalue weighted by atomic mass is 10.2. The SMILES string of the molecule is CN(c1ccc(C(F)(F)F)cn1)c1ccccc1C#N. The van der Waals surface area contributed by atoms with Crippen LogP contribution in [-0.4, -0.2) is 12.0 Å². The molecular formula is C14H10F3N3. The van der Waals surface area contributed by atoms with Crippen molar-refractivity contribution in [2.24, 2.45) is 0 Å². The number of alkyl halides is 3. The highest BCUT2D eigenvalue weighted by Gasteiger charge is 2.30. The minimum absolute atomic E-state index is 0.334. The van der Waals surface area contributed by atoms with Crippen LogP contribution in [0.2, 0.25) is 0 Å². The van der Waals surface area contributed by atoms with Crippen LogP contribution < -0.4 is 4.90 Å². The van der Waals surface area contributed by atoms with E-state index in [1.54, 1.807) is 36.2 Å². The fraction of sp³-hybridized carbons (Fsp3) is 0.143. The highest BCUT2D eigenvalue weighted by molar-refractivity contribution is 5.66. The molecule has 2 rings (SSSR count). The molecule has 102 valence electrons. The lowest BCUT2D eigenvalue weighted by Crippen LogP contribution is -2.13. The van der Waals surface area contributed by atoms with Crippen LogP contribution in [0, 0.1) is 11.3 Å². The van der Waals surface area contributed by atoms with Gasteiger partial charge in [-0.15, -0.1) is 0 Å². The Morgan fingerprint density at radius 2 is 1.85 bits per heavy atom. The van der Waals surface area contributed by atoms with Crippen molar-refractivity contribution in [1.29, 1.82) is 5.26 Å². The highest BCUT2D eigenvalue weighted by Crippen LogP contribution is 2.31. The summed E-state index contributed by atoms with van der Waals surface area (Å²) in [5.41, 5.74) is 0.210. The van der Waals surface area contributed by atoms with Crippen LogP contribution in [-0.2, 0) is 6.18 Å². The standard InChI is InChI=1S/C14H10F3N3/c1-20(12-5-3-2-4-10(12)8-18)13-7-6-11(9-19-13)14(15,16)17/h2-7,9H,1H3. The summed E-state index contributed by atoms with van der Waals surface area (Å²) < 4.78 is 37.4. The zero-order valence-electron chi connectivity index (χ0n) is 10.5. The van der Waals surface area contributed by atoms with Crippen molar-refractivity contribution in [3.05, 3.63) is 53.7 Å². The minimum Gasteiger partial charge on any atom is -0.328 e. The van der Waals surface area contributed by atoms with E-state index in [1.807, 2.05) is 6.07 Å². The van der Waals surface area contributed by atoms with Gasteiger partial charge in [0.1, 0.15) is 11.9 Å². The van der Waals surface area contributed by atoms with Crippen LogP contribution >= 0.6 is 0 Å². The number of nitrogens with zero attached hydrogens (tertiary/aromatic N) is 3. The first-order chi connectivity index (χ1) is 9.43. The van der Waals surface area contributed by atoms with Gasteiger partial charge in [-0.25, -0.2) is 4.98 Å². The molecule has 0 bridgehead atoms. The summed E-state index contributed by atoms with van der Waals surface area (Å²) in [7, 11) is 1.64. The lowest BCUT2D eigenvalue weighted by Gasteiger charge is -2.19. The van der Waals surface area contributed by atoms with Crippen molar-refractivity contribution in [1.82, 2.24) is 4.98 Å². The van der Waals surface area contributed by atoms with Gasteiger partial charge in [0.15, 0.2) is 0 Å². The molecule has 0 unspecified atom stereocenters. The fourth-order valence-corrected chi connectivity index (χ4v) is 1.74. The van der Waals surface area contributed by atoms with Gasteiger partial charge in [0.05, 0.1) is 16.8 Å². The molecule has 0 aliphatic carbocycles. The number of halogens is 3. The Kier molecular flexibility index (Phi) is 3.61. The van der Waals surface area contributed by atoms with Crippen molar-refractivity contribution in [2.75, 3.05) is 11.9 Å². The van der Waals surface area contributed by atoms with Gasteiger partial charge in [-0.3, -0.25) is 0 Å². The first-order valence-corrected chi connectivity index (χ1v) is 5.69. The van der Waals surface area contributed by atoms with Gasteiger partial charge in [-0.05, 0) is 24.3 Å². The Morgan fingerprint density at radius 1 is 1.15 bits per heavy atom. The summed E-state index contributed by atoms with van der Waals surface area (Å²) in [5.74, 6) is 0.334.